The lowest BCUT2D eigenvalue weighted by Crippen LogP contribution is -2.37. The number of carbonyl (C=O) groups excluding carboxylic acids is 1. The summed E-state index contributed by atoms with van der Waals surface area (Å²) in [5, 5.41) is 3.50. The molecule has 0 spiro atoms. The molecule has 88 valence electrons. The van der Waals surface area contributed by atoms with Crippen molar-refractivity contribution in [1.82, 2.24) is 4.90 Å². The van der Waals surface area contributed by atoms with Crippen LogP contribution in [0, 0.1) is 5.92 Å². The van der Waals surface area contributed by atoms with Crippen LogP contribution in [-0.4, -0.2) is 23.9 Å². The number of amides is 1. The lowest BCUT2D eigenvalue weighted by molar-refractivity contribution is -0.119. The predicted molar refractivity (Wildman–Crippen MR) is 67.7 cm³/mol. The third kappa shape index (κ3) is 1.46. The van der Waals surface area contributed by atoms with Crippen molar-refractivity contribution in [2.45, 2.75) is 18.5 Å². The van der Waals surface area contributed by atoms with Crippen LogP contribution < -0.4 is 5.32 Å². The molecule has 1 saturated heterocycles. The Labute approximate surface area is 101 Å². The molecule has 3 heteroatoms. The summed E-state index contributed by atoms with van der Waals surface area (Å²) in [6.07, 6.45) is 3.98. The Morgan fingerprint density at radius 3 is 3.00 bits per heavy atom. The third-order valence-corrected chi connectivity index (χ3v) is 3.94. The average molecular weight is 228 g/mol. The highest BCUT2D eigenvalue weighted by atomic mass is 16.1. The van der Waals surface area contributed by atoms with Gasteiger partial charge >= 0.3 is 0 Å². The first-order valence-electron chi connectivity index (χ1n) is 6.04. The van der Waals surface area contributed by atoms with E-state index in [1.165, 1.54) is 5.56 Å². The number of para-hydroxylation sites is 1. The Morgan fingerprint density at radius 1 is 1.41 bits per heavy atom. The molecule has 17 heavy (non-hydrogen) atoms. The summed E-state index contributed by atoms with van der Waals surface area (Å²) in [7, 11) is 0. The van der Waals surface area contributed by atoms with Gasteiger partial charge in [0.05, 0.1) is 6.04 Å². The fourth-order valence-corrected chi connectivity index (χ4v) is 3.15. The first-order chi connectivity index (χ1) is 8.35. The average Bonchev–Trinajstić information content (AvgIpc) is 2.82. The van der Waals surface area contributed by atoms with E-state index in [1.807, 2.05) is 23.1 Å². The Balaban J connectivity index is 2.08. The fraction of sp³-hybridized carbons (Fsp3) is 0.357. The van der Waals surface area contributed by atoms with Gasteiger partial charge in [-0.15, -0.1) is 6.58 Å². The van der Waals surface area contributed by atoms with Gasteiger partial charge in [-0.2, -0.15) is 0 Å². The molecule has 1 aromatic carbocycles. The molecule has 0 bridgehead atoms. The van der Waals surface area contributed by atoms with Crippen LogP contribution in [0.5, 0.6) is 0 Å². The summed E-state index contributed by atoms with van der Waals surface area (Å²) in [6.45, 7) is 4.75. The number of carbonyl (C=O) groups is 1. The SMILES string of the molecule is C=C[C@@H]1Nc2ccccc2[C@H]2[C@@H]1CCN2C=O. The van der Waals surface area contributed by atoms with E-state index in [1.54, 1.807) is 0 Å². The van der Waals surface area contributed by atoms with Crippen molar-refractivity contribution in [3.63, 3.8) is 0 Å². The molecule has 0 aromatic heterocycles. The van der Waals surface area contributed by atoms with Crippen molar-refractivity contribution in [3.05, 3.63) is 42.5 Å². The van der Waals surface area contributed by atoms with E-state index in [0.29, 0.717) is 5.92 Å². The van der Waals surface area contributed by atoms with Crippen molar-refractivity contribution in [3.8, 4) is 0 Å². The number of likely N-dealkylation sites (tertiary alicyclic amines) is 1. The maximum atomic E-state index is 11.1. The molecule has 0 saturated carbocycles. The summed E-state index contributed by atoms with van der Waals surface area (Å²) in [5.74, 6) is 0.451. The third-order valence-electron chi connectivity index (χ3n) is 3.94. The van der Waals surface area contributed by atoms with Crippen molar-refractivity contribution >= 4 is 12.1 Å². The van der Waals surface area contributed by atoms with Gasteiger partial charge in [0.15, 0.2) is 0 Å². The van der Waals surface area contributed by atoms with E-state index in [0.717, 1.165) is 25.1 Å². The molecule has 1 aromatic rings. The molecule has 2 heterocycles. The van der Waals surface area contributed by atoms with Crippen LogP contribution in [0.15, 0.2) is 36.9 Å². The minimum absolute atomic E-state index is 0.216. The molecule has 1 N–H and O–H groups in total. The van der Waals surface area contributed by atoms with Crippen LogP contribution >= 0.6 is 0 Å². The maximum Gasteiger partial charge on any atom is 0.210 e. The smallest absolute Gasteiger partial charge is 0.210 e. The molecular weight excluding hydrogens is 212 g/mol. The van der Waals surface area contributed by atoms with Crippen LogP contribution in [0.1, 0.15) is 18.0 Å². The number of fused-ring (bicyclic) bond motifs is 3. The van der Waals surface area contributed by atoms with Gasteiger partial charge in [0.25, 0.3) is 0 Å². The molecule has 2 aliphatic heterocycles. The second-order valence-corrected chi connectivity index (χ2v) is 4.73. The minimum Gasteiger partial charge on any atom is -0.378 e. The Morgan fingerprint density at radius 2 is 2.24 bits per heavy atom. The standard InChI is InChI=1S/C14H16N2O/c1-2-12-11-7-8-16(9-17)14(11)10-5-3-4-6-13(10)15-12/h2-6,9,11-12,14-15H,1,7-8H2/t11-,12+,14+/m1/s1. The van der Waals surface area contributed by atoms with Crippen molar-refractivity contribution in [2.75, 3.05) is 11.9 Å². The van der Waals surface area contributed by atoms with Crippen LogP contribution in [0.25, 0.3) is 0 Å². The largest absolute Gasteiger partial charge is 0.378 e. The lowest BCUT2D eigenvalue weighted by atomic mass is 9.83. The van der Waals surface area contributed by atoms with E-state index < -0.39 is 0 Å². The normalized spacial score (nSPS) is 30.1. The molecular formula is C14H16N2O. The molecule has 0 radical (unpaired) electrons. The van der Waals surface area contributed by atoms with Crippen LogP contribution in [0.3, 0.4) is 0 Å². The van der Waals surface area contributed by atoms with E-state index >= 15 is 0 Å². The molecule has 1 amide bonds. The molecule has 3 rings (SSSR count). The number of hydrogen-bond acceptors (Lipinski definition) is 2. The first-order valence-corrected chi connectivity index (χ1v) is 6.04. The number of nitrogens with zero attached hydrogens (tertiary/aromatic N) is 1. The Kier molecular flexibility index (Phi) is 2.39. The second kappa shape index (κ2) is 3.91. The number of benzene rings is 1. The highest BCUT2D eigenvalue weighted by Crippen LogP contribution is 2.45. The van der Waals surface area contributed by atoms with Gasteiger partial charge < -0.3 is 10.2 Å². The van der Waals surface area contributed by atoms with E-state index in [-0.39, 0.29) is 12.1 Å². The molecule has 1 fully saturated rings. The fourth-order valence-electron chi connectivity index (χ4n) is 3.15. The van der Waals surface area contributed by atoms with Crippen molar-refractivity contribution < 1.29 is 4.79 Å². The summed E-state index contributed by atoms with van der Waals surface area (Å²) in [4.78, 5) is 13.1. The maximum absolute atomic E-state index is 11.1. The zero-order valence-corrected chi connectivity index (χ0v) is 9.67. The second-order valence-electron chi connectivity index (χ2n) is 4.73. The van der Waals surface area contributed by atoms with Gasteiger partial charge in [-0.3, -0.25) is 4.79 Å². The van der Waals surface area contributed by atoms with Gasteiger partial charge in [0, 0.05) is 24.2 Å². The summed E-state index contributed by atoms with van der Waals surface area (Å²) in [5.41, 5.74) is 2.37. The Bertz CT molecular complexity index is 457. The number of rotatable bonds is 2. The van der Waals surface area contributed by atoms with Crippen molar-refractivity contribution in [1.29, 1.82) is 0 Å². The van der Waals surface area contributed by atoms with Gasteiger partial charge in [-0.1, -0.05) is 24.3 Å². The van der Waals surface area contributed by atoms with Crippen molar-refractivity contribution in [2.24, 2.45) is 5.92 Å². The quantitative estimate of drug-likeness (QED) is 0.621. The topological polar surface area (TPSA) is 32.3 Å². The zero-order chi connectivity index (χ0) is 11.8. The van der Waals surface area contributed by atoms with E-state index in [2.05, 4.69) is 24.0 Å². The van der Waals surface area contributed by atoms with Crippen LogP contribution in [-0.2, 0) is 4.79 Å². The highest BCUT2D eigenvalue weighted by Gasteiger charge is 2.42. The summed E-state index contributed by atoms with van der Waals surface area (Å²) >= 11 is 0. The zero-order valence-electron chi connectivity index (χ0n) is 9.67. The molecule has 3 nitrogen and oxygen atoms in total. The molecule has 0 unspecified atom stereocenters. The highest BCUT2D eigenvalue weighted by molar-refractivity contribution is 5.60. The number of anilines is 1. The van der Waals surface area contributed by atoms with Gasteiger partial charge in [-0.25, -0.2) is 0 Å². The first kappa shape index (κ1) is 10.4. The summed E-state index contributed by atoms with van der Waals surface area (Å²) in [6, 6.07) is 8.72. The van der Waals surface area contributed by atoms with Gasteiger partial charge in [0.2, 0.25) is 6.41 Å². The minimum atomic E-state index is 0.216. The molecule has 0 aliphatic carbocycles. The molecule has 3 atom stereocenters. The van der Waals surface area contributed by atoms with E-state index in [9.17, 15) is 4.79 Å². The number of nitrogens with one attached hydrogen (secondary N) is 1. The lowest BCUT2D eigenvalue weighted by Gasteiger charge is -2.37. The van der Waals surface area contributed by atoms with Crippen LogP contribution in [0.4, 0.5) is 5.69 Å². The van der Waals surface area contributed by atoms with Crippen LogP contribution in [0.2, 0.25) is 0 Å². The molecule has 2 aliphatic rings. The number of hydrogen-bond donors (Lipinski definition) is 1. The predicted octanol–water partition coefficient (Wildman–Crippen LogP) is 2.19. The van der Waals surface area contributed by atoms with E-state index in [4.69, 9.17) is 0 Å². The Hall–Kier alpha value is -1.77. The summed E-state index contributed by atoms with van der Waals surface area (Å²) < 4.78 is 0. The van der Waals surface area contributed by atoms with Gasteiger partial charge in [-0.05, 0) is 18.1 Å². The monoisotopic (exact) mass is 228 g/mol. The van der Waals surface area contributed by atoms with Gasteiger partial charge in [0.1, 0.15) is 0 Å².